The smallest absolute Gasteiger partial charge is 0.309 e. The summed E-state index contributed by atoms with van der Waals surface area (Å²) in [5.74, 6) is -1.83. The van der Waals surface area contributed by atoms with Crippen molar-refractivity contribution in [3.63, 3.8) is 0 Å². The number of hydrogen-bond donors (Lipinski definition) is 3. The van der Waals surface area contributed by atoms with Gasteiger partial charge in [-0.05, 0) is 37.3 Å². The summed E-state index contributed by atoms with van der Waals surface area (Å²) in [6.45, 7) is 1.53. The van der Waals surface area contributed by atoms with E-state index in [1.54, 1.807) is 6.92 Å². The molecule has 186 valence electrons. The Kier molecular flexibility index (Phi) is 10.0. The quantitative estimate of drug-likeness (QED) is 0.419. The van der Waals surface area contributed by atoms with Crippen LogP contribution in [0.5, 0.6) is 0 Å². The lowest BCUT2D eigenvalue weighted by Gasteiger charge is -2.24. The first-order chi connectivity index (χ1) is 17.0. The van der Waals surface area contributed by atoms with Crippen LogP contribution >= 0.6 is 0 Å². The maximum Gasteiger partial charge on any atom is 0.309 e. The van der Waals surface area contributed by atoms with Gasteiger partial charge in [-0.3, -0.25) is 14.4 Å². The van der Waals surface area contributed by atoms with Gasteiger partial charge in [0, 0.05) is 12.5 Å². The zero-order valence-electron chi connectivity index (χ0n) is 20.1. The molecule has 0 aromatic heterocycles. The molecule has 0 radical (unpaired) electrons. The van der Waals surface area contributed by atoms with Gasteiger partial charge >= 0.3 is 5.97 Å². The molecule has 0 unspecified atom stereocenters. The van der Waals surface area contributed by atoms with E-state index >= 15 is 0 Å². The number of allylic oxidation sites excluding steroid dienone is 2. The summed E-state index contributed by atoms with van der Waals surface area (Å²) in [5.41, 5.74) is 1.87. The number of carbonyl (C=O) groups is 3. The van der Waals surface area contributed by atoms with E-state index in [2.05, 4.69) is 10.6 Å². The van der Waals surface area contributed by atoms with Crippen molar-refractivity contribution in [3.8, 4) is 0 Å². The van der Waals surface area contributed by atoms with E-state index in [-0.39, 0.29) is 49.4 Å². The van der Waals surface area contributed by atoms with E-state index in [4.69, 9.17) is 4.74 Å². The number of nitrogens with one attached hydrogen (secondary N) is 2. The molecular weight excluding hydrogens is 444 g/mol. The molecule has 0 fully saturated rings. The molecule has 7 heteroatoms. The number of esters is 1. The second-order valence-corrected chi connectivity index (χ2v) is 8.98. The molecule has 2 aromatic rings. The van der Waals surface area contributed by atoms with Gasteiger partial charge in [0.2, 0.25) is 11.8 Å². The molecular formula is C28H34N2O5. The summed E-state index contributed by atoms with van der Waals surface area (Å²) in [7, 11) is 0. The molecule has 3 N–H and O–H groups in total. The largest absolute Gasteiger partial charge is 0.463 e. The number of amides is 2. The Morgan fingerprint density at radius 1 is 1.03 bits per heavy atom. The number of rotatable bonds is 7. The summed E-state index contributed by atoms with van der Waals surface area (Å²) in [6.07, 6.45) is 5.14. The van der Waals surface area contributed by atoms with E-state index in [1.807, 2.05) is 72.8 Å². The Balaban J connectivity index is 1.81. The molecule has 2 amide bonds. The normalized spacial score (nSPS) is 22.2. The number of carbonyl (C=O) groups excluding carboxylic acids is 3. The van der Waals surface area contributed by atoms with Crippen LogP contribution in [0.2, 0.25) is 0 Å². The molecule has 1 heterocycles. The van der Waals surface area contributed by atoms with E-state index in [0.29, 0.717) is 19.3 Å². The van der Waals surface area contributed by atoms with Crippen LogP contribution in [0, 0.1) is 11.8 Å². The highest BCUT2D eigenvalue weighted by Crippen LogP contribution is 2.21. The minimum atomic E-state index is -0.592. The second kappa shape index (κ2) is 13.4. The number of benzene rings is 2. The topological polar surface area (TPSA) is 105 Å². The fraction of sp³-hybridized carbons (Fsp3) is 0.393. The lowest BCUT2D eigenvalue weighted by atomic mass is 9.94. The summed E-state index contributed by atoms with van der Waals surface area (Å²) in [4.78, 5) is 38.6. The first-order valence-electron chi connectivity index (χ1n) is 12.1. The first kappa shape index (κ1) is 26.2. The van der Waals surface area contributed by atoms with Gasteiger partial charge in [0.1, 0.15) is 6.61 Å². The molecule has 0 bridgehead atoms. The number of aliphatic hydroxyl groups excluding tert-OH is 1. The van der Waals surface area contributed by atoms with Crippen molar-refractivity contribution >= 4 is 17.8 Å². The number of cyclic esters (lactones) is 1. The van der Waals surface area contributed by atoms with Crippen molar-refractivity contribution in [2.45, 2.75) is 44.7 Å². The Morgan fingerprint density at radius 2 is 1.66 bits per heavy atom. The molecule has 0 saturated heterocycles. The lowest BCUT2D eigenvalue weighted by Crippen LogP contribution is -2.41. The number of ether oxygens (including phenoxy) is 1. The van der Waals surface area contributed by atoms with Crippen molar-refractivity contribution in [3.05, 3.63) is 83.9 Å². The SMILES string of the molecule is C[C@@H](CO)NC(=O)C[C@H]1CC=CC[C@@H](Cc2ccccc2)C(=O)OC[C@H](c2ccccc2)NC1=O. The van der Waals surface area contributed by atoms with Crippen molar-refractivity contribution in [1.29, 1.82) is 0 Å². The van der Waals surface area contributed by atoms with Crippen LogP contribution in [0.15, 0.2) is 72.8 Å². The van der Waals surface area contributed by atoms with Gasteiger partial charge in [-0.1, -0.05) is 72.8 Å². The maximum absolute atomic E-state index is 13.2. The van der Waals surface area contributed by atoms with E-state index in [1.165, 1.54) is 0 Å². The average molecular weight is 479 g/mol. The zero-order chi connectivity index (χ0) is 25.0. The fourth-order valence-electron chi connectivity index (χ4n) is 4.05. The minimum Gasteiger partial charge on any atom is -0.463 e. The zero-order valence-corrected chi connectivity index (χ0v) is 20.1. The third-order valence-corrected chi connectivity index (χ3v) is 6.06. The van der Waals surface area contributed by atoms with Gasteiger partial charge in [0.05, 0.1) is 24.5 Å². The van der Waals surface area contributed by atoms with Crippen LogP contribution in [0.3, 0.4) is 0 Å². The number of aliphatic hydroxyl groups is 1. The molecule has 0 saturated carbocycles. The van der Waals surface area contributed by atoms with Crippen molar-refractivity contribution in [2.24, 2.45) is 11.8 Å². The average Bonchev–Trinajstić information content (AvgIpc) is 2.87. The minimum absolute atomic E-state index is 0.00402. The van der Waals surface area contributed by atoms with Crippen LogP contribution < -0.4 is 10.6 Å². The van der Waals surface area contributed by atoms with Gasteiger partial charge in [0.15, 0.2) is 0 Å². The molecule has 4 atom stereocenters. The Morgan fingerprint density at radius 3 is 2.31 bits per heavy atom. The Bertz CT molecular complexity index is 993. The van der Waals surface area contributed by atoms with Gasteiger partial charge < -0.3 is 20.5 Å². The second-order valence-electron chi connectivity index (χ2n) is 8.98. The standard InChI is InChI=1S/C28H34N2O5/c1-20(18-31)29-26(32)17-23-14-8-9-15-24(16-21-10-4-2-5-11-21)28(34)35-19-25(30-27(23)33)22-12-6-3-7-13-22/h2-13,20,23-25,31H,14-19H2,1H3,(H,29,32)(H,30,33)/t20-,23+,24-,25+/m0/s1. The third-order valence-electron chi connectivity index (χ3n) is 6.06. The van der Waals surface area contributed by atoms with E-state index < -0.39 is 12.0 Å². The molecule has 2 aromatic carbocycles. The summed E-state index contributed by atoms with van der Waals surface area (Å²) in [6, 6.07) is 18.2. The summed E-state index contributed by atoms with van der Waals surface area (Å²) < 4.78 is 5.70. The molecule has 3 rings (SSSR count). The third kappa shape index (κ3) is 8.37. The van der Waals surface area contributed by atoms with Gasteiger partial charge in [-0.25, -0.2) is 0 Å². The maximum atomic E-state index is 13.2. The van der Waals surface area contributed by atoms with Crippen LogP contribution in [-0.2, 0) is 25.5 Å². The van der Waals surface area contributed by atoms with E-state index in [0.717, 1.165) is 11.1 Å². The highest BCUT2D eigenvalue weighted by Gasteiger charge is 2.27. The highest BCUT2D eigenvalue weighted by molar-refractivity contribution is 5.86. The molecule has 0 aliphatic carbocycles. The van der Waals surface area contributed by atoms with Gasteiger partial charge in [-0.2, -0.15) is 0 Å². The van der Waals surface area contributed by atoms with Gasteiger partial charge in [0.25, 0.3) is 0 Å². The van der Waals surface area contributed by atoms with Crippen LogP contribution in [0.25, 0.3) is 0 Å². The number of hydrogen-bond acceptors (Lipinski definition) is 5. The Hall–Kier alpha value is -3.45. The van der Waals surface area contributed by atoms with Crippen LogP contribution in [0.1, 0.15) is 43.4 Å². The lowest BCUT2D eigenvalue weighted by molar-refractivity contribution is -0.150. The van der Waals surface area contributed by atoms with Crippen molar-refractivity contribution in [1.82, 2.24) is 10.6 Å². The molecule has 1 aliphatic heterocycles. The monoisotopic (exact) mass is 478 g/mol. The van der Waals surface area contributed by atoms with Crippen LogP contribution in [0.4, 0.5) is 0 Å². The molecule has 35 heavy (non-hydrogen) atoms. The predicted molar refractivity (Wildman–Crippen MR) is 133 cm³/mol. The Labute approximate surface area is 206 Å². The predicted octanol–water partition coefficient (Wildman–Crippen LogP) is 3.10. The van der Waals surface area contributed by atoms with Crippen molar-refractivity contribution in [2.75, 3.05) is 13.2 Å². The molecule has 1 aliphatic rings. The van der Waals surface area contributed by atoms with E-state index in [9.17, 15) is 19.5 Å². The fourth-order valence-corrected chi connectivity index (χ4v) is 4.05. The van der Waals surface area contributed by atoms with Gasteiger partial charge in [-0.15, -0.1) is 0 Å². The molecule has 7 nitrogen and oxygen atoms in total. The summed E-state index contributed by atoms with van der Waals surface area (Å²) >= 11 is 0. The summed E-state index contributed by atoms with van der Waals surface area (Å²) in [5, 5.41) is 14.9. The highest BCUT2D eigenvalue weighted by atomic mass is 16.5. The van der Waals surface area contributed by atoms with Crippen molar-refractivity contribution < 1.29 is 24.2 Å². The first-order valence-corrected chi connectivity index (χ1v) is 12.1. The molecule has 0 spiro atoms. The van der Waals surface area contributed by atoms with Crippen LogP contribution in [-0.4, -0.2) is 42.1 Å².